The van der Waals surface area contributed by atoms with Crippen molar-refractivity contribution in [3.63, 3.8) is 0 Å². The zero-order valence-electron chi connectivity index (χ0n) is 13.8. The number of rotatable bonds is 8. The van der Waals surface area contributed by atoms with Crippen LogP contribution in [0.5, 0.6) is 0 Å². The van der Waals surface area contributed by atoms with E-state index in [1.54, 1.807) is 0 Å². The molecule has 1 rings (SSSR count). The predicted molar refractivity (Wildman–Crippen MR) is 84.7 cm³/mol. The molecule has 114 valence electrons. The highest BCUT2D eigenvalue weighted by molar-refractivity contribution is 4.81. The van der Waals surface area contributed by atoms with Gasteiger partial charge >= 0.3 is 0 Å². The SMILES string of the molecule is CCC(CC)NCC(C)N(C)C1CCN(CC)CC1. The van der Waals surface area contributed by atoms with Crippen LogP contribution in [0.2, 0.25) is 0 Å². The van der Waals surface area contributed by atoms with Gasteiger partial charge in [-0.15, -0.1) is 0 Å². The van der Waals surface area contributed by atoms with Crippen molar-refractivity contribution < 1.29 is 0 Å². The zero-order valence-corrected chi connectivity index (χ0v) is 13.8. The zero-order chi connectivity index (χ0) is 14.3. The number of nitrogens with zero attached hydrogens (tertiary/aromatic N) is 2. The summed E-state index contributed by atoms with van der Waals surface area (Å²) in [5.41, 5.74) is 0. The Morgan fingerprint density at radius 2 is 1.74 bits per heavy atom. The van der Waals surface area contributed by atoms with Gasteiger partial charge in [0.15, 0.2) is 0 Å². The molecule has 1 saturated heterocycles. The summed E-state index contributed by atoms with van der Waals surface area (Å²) in [6, 6.07) is 2.11. The van der Waals surface area contributed by atoms with Gasteiger partial charge in [0.2, 0.25) is 0 Å². The summed E-state index contributed by atoms with van der Waals surface area (Å²) in [6.45, 7) is 14.1. The molecule has 3 heteroatoms. The lowest BCUT2D eigenvalue weighted by Crippen LogP contribution is -2.49. The van der Waals surface area contributed by atoms with Gasteiger partial charge in [-0.3, -0.25) is 4.90 Å². The summed E-state index contributed by atoms with van der Waals surface area (Å²) in [6.07, 6.45) is 5.14. The standard InChI is InChI=1S/C16H35N3/c1-6-15(7-2)17-13-14(4)18(5)16-9-11-19(8-3)12-10-16/h14-17H,6-13H2,1-5H3. The van der Waals surface area contributed by atoms with Crippen LogP contribution in [0, 0.1) is 0 Å². The highest BCUT2D eigenvalue weighted by Crippen LogP contribution is 2.17. The normalized spacial score (nSPS) is 20.4. The van der Waals surface area contributed by atoms with Gasteiger partial charge < -0.3 is 10.2 Å². The first kappa shape index (κ1) is 16.9. The Kier molecular flexibility index (Phi) is 7.96. The van der Waals surface area contributed by atoms with Crippen LogP contribution < -0.4 is 5.32 Å². The molecular weight excluding hydrogens is 234 g/mol. The minimum absolute atomic E-state index is 0.638. The average Bonchev–Trinajstić information content (AvgIpc) is 2.47. The molecular formula is C16H35N3. The molecule has 1 aliphatic rings. The van der Waals surface area contributed by atoms with E-state index in [0.29, 0.717) is 12.1 Å². The molecule has 0 radical (unpaired) electrons. The van der Waals surface area contributed by atoms with Gasteiger partial charge in [0.05, 0.1) is 0 Å². The van der Waals surface area contributed by atoms with Gasteiger partial charge in [-0.25, -0.2) is 0 Å². The van der Waals surface area contributed by atoms with E-state index in [0.717, 1.165) is 12.6 Å². The second-order valence-electron chi connectivity index (χ2n) is 6.10. The third-order valence-electron chi connectivity index (χ3n) is 4.96. The summed E-state index contributed by atoms with van der Waals surface area (Å²) in [7, 11) is 2.31. The van der Waals surface area contributed by atoms with E-state index in [1.807, 2.05) is 0 Å². The molecule has 1 heterocycles. The van der Waals surface area contributed by atoms with Crippen molar-refractivity contribution in [1.82, 2.24) is 15.1 Å². The van der Waals surface area contributed by atoms with E-state index >= 15 is 0 Å². The third kappa shape index (κ3) is 5.41. The fourth-order valence-corrected chi connectivity index (χ4v) is 3.06. The van der Waals surface area contributed by atoms with Gasteiger partial charge in [-0.1, -0.05) is 20.8 Å². The highest BCUT2D eigenvalue weighted by Gasteiger charge is 2.24. The van der Waals surface area contributed by atoms with Crippen LogP contribution >= 0.6 is 0 Å². The van der Waals surface area contributed by atoms with Crippen LogP contribution in [0.25, 0.3) is 0 Å². The molecule has 19 heavy (non-hydrogen) atoms. The summed E-state index contributed by atoms with van der Waals surface area (Å²) in [5.74, 6) is 0. The predicted octanol–water partition coefficient (Wildman–Crippen LogP) is 2.57. The summed E-state index contributed by atoms with van der Waals surface area (Å²) < 4.78 is 0. The molecule has 0 aromatic rings. The van der Waals surface area contributed by atoms with Crippen LogP contribution in [-0.4, -0.2) is 61.2 Å². The number of nitrogens with one attached hydrogen (secondary N) is 1. The second-order valence-corrected chi connectivity index (χ2v) is 6.10. The molecule has 1 unspecified atom stereocenters. The monoisotopic (exact) mass is 269 g/mol. The van der Waals surface area contributed by atoms with Crippen molar-refractivity contribution in [1.29, 1.82) is 0 Å². The highest BCUT2D eigenvalue weighted by atomic mass is 15.2. The first-order chi connectivity index (χ1) is 9.12. The smallest absolute Gasteiger partial charge is 0.0192 e. The van der Waals surface area contributed by atoms with E-state index in [9.17, 15) is 0 Å². The molecule has 0 aromatic heterocycles. The maximum absolute atomic E-state index is 3.71. The first-order valence-corrected chi connectivity index (χ1v) is 8.29. The molecule has 0 bridgehead atoms. The molecule has 1 atom stereocenters. The van der Waals surface area contributed by atoms with E-state index < -0.39 is 0 Å². The molecule has 0 saturated carbocycles. The largest absolute Gasteiger partial charge is 0.312 e. The van der Waals surface area contributed by atoms with E-state index in [1.165, 1.54) is 45.3 Å². The molecule has 1 N–H and O–H groups in total. The van der Waals surface area contributed by atoms with Crippen molar-refractivity contribution in [3.8, 4) is 0 Å². The molecule has 0 amide bonds. The summed E-state index contributed by atoms with van der Waals surface area (Å²) in [5, 5.41) is 3.71. The number of hydrogen-bond acceptors (Lipinski definition) is 3. The molecule has 0 aromatic carbocycles. The summed E-state index contributed by atoms with van der Waals surface area (Å²) >= 11 is 0. The van der Waals surface area contributed by atoms with Crippen molar-refractivity contribution in [3.05, 3.63) is 0 Å². The van der Waals surface area contributed by atoms with Crippen molar-refractivity contribution in [2.24, 2.45) is 0 Å². The molecule has 0 aliphatic carbocycles. The van der Waals surface area contributed by atoms with Crippen LogP contribution in [0.3, 0.4) is 0 Å². The Morgan fingerprint density at radius 3 is 2.21 bits per heavy atom. The maximum atomic E-state index is 3.71. The molecule has 3 nitrogen and oxygen atoms in total. The molecule has 1 aliphatic heterocycles. The third-order valence-corrected chi connectivity index (χ3v) is 4.96. The average molecular weight is 269 g/mol. The van der Waals surface area contributed by atoms with Crippen LogP contribution in [-0.2, 0) is 0 Å². The fraction of sp³-hybridized carbons (Fsp3) is 1.00. The van der Waals surface area contributed by atoms with Crippen LogP contribution in [0.4, 0.5) is 0 Å². The van der Waals surface area contributed by atoms with Gasteiger partial charge in [-0.2, -0.15) is 0 Å². The lowest BCUT2D eigenvalue weighted by molar-refractivity contribution is 0.102. The number of piperidine rings is 1. The summed E-state index contributed by atoms with van der Waals surface area (Å²) in [4.78, 5) is 5.17. The van der Waals surface area contributed by atoms with Crippen molar-refractivity contribution in [2.45, 2.75) is 71.5 Å². The Bertz CT molecular complexity index is 220. The number of likely N-dealkylation sites (N-methyl/N-ethyl adjacent to an activating group) is 1. The van der Waals surface area contributed by atoms with Crippen molar-refractivity contribution in [2.75, 3.05) is 33.2 Å². The Hall–Kier alpha value is -0.120. The van der Waals surface area contributed by atoms with E-state index in [4.69, 9.17) is 0 Å². The van der Waals surface area contributed by atoms with Crippen LogP contribution in [0.15, 0.2) is 0 Å². The van der Waals surface area contributed by atoms with Gasteiger partial charge in [0, 0.05) is 24.7 Å². The Balaban J connectivity index is 2.30. The quantitative estimate of drug-likeness (QED) is 0.730. The minimum atomic E-state index is 0.638. The Labute approximate surface area is 120 Å². The maximum Gasteiger partial charge on any atom is 0.0192 e. The van der Waals surface area contributed by atoms with Gasteiger partial charge in [-0.05, 0) is 59.3 Å². The van der Waals surface area contributed by atoms with E-state index in [2.05, 4.69) is 49.9 Å². The van der Waals surface area contributed by atoms with Gasteiger partial charge in [0.25, 0.3) is 0 Å². The number of hydrogen-bond donors (Lipinski definition) is 1. The lowest BCUT2D eigenvalue weighted by Gasteiger charge is -2.39. The van der Waals surface area contributed by atoms with Crippen molar-refractivity contribution >= 4 is 0 Å². The second kappa shape index (κ2) is 8.93. The minimum Gasteiger partial charge on any atom is -0.312 e. The van der Waals surface area contributed by atoms with Gasteiger partial charge in [0.1, 0.15) is 0 Å². The molecule has 1 fully saturated rings. The van der Waals surface area contributed by atoms with E-state index in [-0.39, 0.29) is 0 Å². The molecule has 0 spiro atoms. The Morgan fingerprint density at radius 1 is 1.16 bits per heavy atom. The number of likely N-dealkylation sites (tertiary alicyclic amines) is 1. The fourth-order valence-electron chi connectivity index (χ4n) is 3.06. The lowest BCUT2D eigenvalue weighted by atomic mass is 10.0. The topological polar surface area (TPSA) is 18.5 Å². The first-order valence-electron chi connectivity index (χ1n) is 8.29. The van der Waals surface area contributed by atoms with Crippen LogP contribution in [0.1, 0.15) is 53.4 Å².